The van der Waals surface area contributed by atoms with Crippen LogP contribution in [0.15, 0.2) is 99.6 Å². The minimum Gasteiger partial charge on any atom is -0.376 e. The van der Waals surface area contributed by atoms with Gasteiger partial charge in [0.25, 0.3) is 0 Å². The highest BCUT2D eigenvalue weighted by molar-refractivity contribution is 7.99. The third-order valence-electron chi connectivity index (χ3n) is 3.80. The van der Waals surface area contributed by atoms with Crippen LogP contribution in [0.25, 0.3) is 0 Å². The van der Waals surface area contributed by atoms with Crippen LogP contribution in [0, 0.1) is 0 Å². The van der Waals surface area contributed by atoms with E-state index in [0.717, 1.165) is 23.5 Å². The van der Waals surface area contributed by atoms with Crippen molar-refractivity contribution in [2.75, 3.05) is 5.75 Å². The predicted molar refractivity (Wildman–Crippen MR) is 125 cm³/mol. The van der Waals surface area contributed by atoms with Gasteiger partial charge in [-0.15, -0.1) is 11.8 Å². The summed E-state index contributed by atoms with van der Waals surface area (Å²) in [5.74, 6) is 0.551. The van der Waals surface area contributed by atoms with E-state index in [9.17, 15) is 21.6 Å². The Hall–Kier alpha value is -2.10. The van der Waals surface area contributed by atoms with Crippen LogP contribution in [0.4, 0.5) is 13.2 Å². The van der Waals surface area contributed by atoms with Crippen molar-refractivity contribution in [2.24, 2.45) is 0 Å². The summed E-state index contributed by atoms with van der Waals surface area (Å²) in [4.78, 5) is 3.42. The second-order valence-corrected chi connectivity index (χ2v) is 10.2. The van der Waals surface area contributed by atoms with Crippen LogP contribution in [0.3, 0.4) is 0 Å². The maximum absolute atomic E-state index is 12.1. The largest absolute Gasteiger partial charge is 0.534 e. The van der Waals surface area contributed by atoms with Crippen molar-refractivity contribution in [1.82, 2.24) is 0 Å². The highest BCUT2D eigenvalue weighted by Gasteiger charge is 2.48. The van der Waals surface area contributed by atoms with Crippen molar-refractivity contribution in [3.63, 3.8) is 0 Å². The Kier molecular flexibility index (Phi) is 10.5. The summed E-state index contributed by atoms with van der Waals surface area (Å²) in [6, 6.07) is 26.3. The normalized spacial score (nSPS) is 11.4. The Balaban J connectivity index is 0.000000242. The SMILES string of the molecule is CCCCSc1ccc(OS(=O)(=O)C(F)(F)F)cc1.c1ccc(Sc2ccccc2)cc1. The fourth-order valence-electron chi connectivity index (χ4n) is 2.21. The molecule has 0 fully saturated rings. The fourth-order valence-corrected chi connectivity index (χ4v) is 4.53. The van der Waals surface area contributed by atoms with Crippen molar-refractivity contribution >= 4 is 33.6 Å². The van der Waals surface area contributed by atoms with Crippen molar-refractivity contribution < 1.29 is 25.8 Å². The second-order valence-electron chi connectivity index (χ2n) is 6.38. The topological polar surface area (TPSA) is 43.4 Å². The van der Waals surface area contributed by atoms with E-state index in [-0.39, 0.29) is 5.75 Å². The minimum atomic E-state index is -5.59. The number of unbranched alkanes of at least 4 members (excludes halogenated alkanes) is 1. The first kappa shape index (κ1) is 26.2. The highest BCUT2D eigenvalue weighted by atomic mass is 32.2. The first-order valence-electron chi connectivity index (χ1n) is 9.73. The van der Waals surface area contributed by atoms with E-state index in [0.29, 0.717) is 0 Å². The smallest absolute Gasteiger partial charge is 0.376 e. The Labute approximate surface area is 195 Å². The molecule has 3 rings (SSSR count). The predicted octanol–water partition coefficient (Wildman–Crippen LogP) is 7.65. The van der Waals surface area contributed by atoms with Gasteiger partial charge in [0.2, 0.25) is 0 Å². The molecule has 172 valence electrons. The third kappa shape index (κ3) is 9.18. The van der Waals surface area contributed by atoms with Crippen molar-refractivity contribution in [3.8, 4) is 5.75 Å². The number of halogens is 3. The maximum atomic E-state index is 12.1. The van der Waals surface area contributed by atoms with Gasteiger partial charge >= 0.3 is 15.6 Å². The van der Waals surface area contributed by atoms with Crippen LogP contribution in [-0.2, 0) is 10.1 Å². The standard InChI is InChI=1S/C12H10S.C11H13F3O3S2/c1-3-7-11(8-4-1)13-12-9-5-2-6-10-12;1-2-3-8-18-10-6-4-9(5-7-10)17-19(15,16)11(12,13)14/h1-10H;4-7H,2-3,8H2,1H3. The van der Waals surface area contributed by atoms with Crippen LogP contribution in [-0.4, -0.2) is 19.7 Å². The van der Waals surface area contributed by atoms with E-state index in [4.69, 9.17) is 0 Å². The Morgan fingerprint density at radius 2 is 1.28 bits per heavy atom. The van der Waals surface area contributed by atoms with Gasteiger partial charge in [0.1, 0.15) is 5.75 Å². The summed E-state index contributed by atoms with van der Waals surface area (Å²) in [6.45, 7) is 2.06. The molecule has 0 aliphatic heterocycles. The molecule has 0 bridgehead atoms. The van der Waals surface area contributed by atoms with Gasteiger partial charge in [0.15, 0.2) is 0 Å². The van der Waals surface area contributed by atoms with E-state index in [1.165, 1.54) is 34.1 Å². The van der Waals surface area contributed by atoms with Gasteiger partial charge in [-0.1, -0.05) is 61.5 Å². The zero-order valence-corrected chi connectivity index (χ0v) is 19.7. The minimum absolute atomic E-state index is 0.350. The Bertz CT molecular complexity index is 987. The molecule has 0 aliphatic carbocycles. The summed E-state index contributed by atoms with van der Waals surface area (Å²) < 4.78 is 61.8. The van der Waals surface area contributed by atoms with E-state index in [2.05, 4.69) is 59.6 Å². The van der Waals surface area contributed by atoms with Crippen molar-refractivity contribution in [2.45, 2.75) is 40.0 Å². The zero-order chi connectivity index (χ0) is 23.5. The van der Waals surface area contributed by atoms with Gasteiger partial charge < -0.3 is 4.18 Å². The molecule has 0 N–H and O–H groups in total. The molecule has 3 nitrogen and oxygen atoms in total. The number of hydrogen-bond donors (Lipinski definition) is 0. The Morgan fingerprint density at radius 1 is 0.781 bits per heavy atom. The van der Waals surface area contributed by atoms with E-state index in [1.807, 2.05) is 12.1 Å². The molecule has 3 aromatic carbocycles. The maximum Gasteiger partial charge on any atom is 0.534 e. The van der Waals surface area contributed by atoms with Crippen LogP contribution in [0.2, 0.25) is 0 Å². The number of alkyl halides is 3. The molecule has 0 unspecified atom stereocenters. The van der Waals surface area contributed by atoms with E-state index < -0.39 is 15.6 Å². The first-order chi connectivity index (χ1) is 15.2. The summed E-state index contributed by atoms with van der Waals surface area (Å²) in [5.41, 5.74) is -5.42. The first-order valence-corrected chi connectivity index (χ1v) is 12.9. The highest BCUT2D eigenvalue weighted by Crippen LogP contribution is 2.29. The Morgan fingerprint density at radius 3 is 1.72 bits per heavy atom. The molecule has 0 radical (unpaired) electrons. The average molecular weight is 501 g/mol. The molecule has 0 spiro atoms. The lowest BCUT2D eigenvalue weighted by Gasteiger charge is -2.09. The molecule has 0 saturated carbocycles. The molecule has 0 aliphatic rings. The molecule has 0 heterocycles. The second kappa shape index (κ2) is 12.8. The van der Waals surface area contributed by atoms with Crippen LogP contribution in [0.1, 0.15) is 19.8 Å². The molecule has 3 aromatic rings. The summed E-state index contributed by atoms with van der Waals surface area (Å²) >= 11 is 3.34. The lowest BCUT2D eigenvalue weighted by Crippen LogP contribution is -2.28. The number of benzene rings is 3. The van der Waals surface area contributed by atoms with Crippen molar-refractivity contribution in [1.29, 1.82) is 0 Å². The number of hydrogen-bond acceptors (Lipinski definition) is 5. The summed E-state index contributed by atoms with van der Waals surface area (Å²) in [6.07, 6.45) is 2.09. The molecule has 32 heavy (non-hydrogen) atoms. The zero-order valence-electron chi connectivity index (χ0n) is 17.3. The average Bonchev–Trinajstić information content (AvgIpc) is 2.76. The number of rotatable bonds is 8. The van der Waals surface area contributed by atoms with Crippen LogP contribution >= 0.6 is 23.5 Å². The molecule has 9 heteroatoms. The van der Waals surface area contributed by atoms with Crippen LogP contribution in [0.5, 0.6) is 5.75 Å². The molecule has 0 aromatic heterocycles. The van der Waals surface area contributed by atoms with Crippen LogP contribution < -0.4 is 4.18 Å². The van der Waals surface area contributed by atoms with Gasteiger partial charge in [-0.3, -0.25) is 0 Å². The molecular formula is C23H23F3O3S3. The molecule has 0 amide bonds. The fraction of sp³-hybridized carbons (Fsp3) is 0.217. The summed E-state index contributed by atoms with van der Waals surface area (Å²) in [5, 5.41) is 0. The quantitative estimate of drug-likeness (QED) is 0.138. The summed E-state index contributed by atoms with van der Waals surface area (Å²) in [7, 11) is -5.59. The molecule has 0 saturated heterocycles. The third-order valence-corrected chi connectivity index (χ3v) is 6.89. The van der Waals surface area contributed by atoms with Crippen molar-refractivity contribution in [3.05, 3.63) is 84.9 Å². The van der Waals surface area contributed by atoms with Gasteiger partial charge in [-0.05, 0) is 60.7 Å². The lowest BCUT2D eigenvalue weighted by molar-refractivity contribution is -0.0500. The van der Waals surface area contributed by atoms with E-state index >= 15 is 0 Å². The molecular weight excluding hydrogens is 477 g/mol. The van der Waals surface area contributed by atoms with Gasteiger partial charge in [-0.25, -0.2) is 0 Å². The van der Waals surface area contributed by atoms with Gasteiger partial charge in [0.05, 0.1) is 0 Å². The van der Waals surface area contributed by atoms with Gasteiger partial charge in [0, 0.05) is 14.7 Å². The number of thioether (sulfide) groups is 1. The van der Waals surface area contributed by atoms with Gasteiger partial charge in [-0.2, -0.15) is 21.6 Å². The monoisotopic (exact) mass is 500 g/mol. The van der Waals surface area contributed by atoms with E-state index in [1.54, 1.807) is 23.5 Å². The molecule has 0 atom stereocenters. The lowest BCUT2D eigenvalue weighted by atomic mass is 10.3.